The smallest absolute Gasteiger partial charge is 0.325 e. The Kier molecular flexibility index (Phi) is 4.20. The lowest BCUT2D eigenvalue weighted by Gasteiger charge is -2.23. The molecular weight excluding hydrogens is 324 g/mol. The predicted octanol–water partition coefficient (Wildman–Crippen LogP) is 0.398. The first-order valence-electron chi connectivity index (χ1n) is 8.13. The SMILES string of the molecule is CNC(=O)NC(=O)CN1C(=O)N[C@@](C)(c2ccc3c(c2)CCC3)C1=O. The fourth-order valence-electron chi connectivity index (χ4n) is 3.29. The molecular formula is C17H20N4O4. The number of rotatable bonds is 3. The number of benzene rings is 1. The van der Waals surface area contributed by atoms with Gasteiger partial charge in [0, 0.05) is 7.05 Å². The number of hydrogen-bond acceptors (Lipinski definition) is 4. The van der Waals surface area contributed by atoms with Gasteiger partial charge in [0.1, 0.15) is 12.1 Å². The molecule has 0 aromatic heterocycles. The molecule has 0 unspecified atom stereocenters. The highest BCUT2D eigenvalue weighted by Gasteiger charge is 2.49. The Bertz CT molecular complexity index is 776. The van der Waals surface area contributed by atoms with Gasteiger partial charge in [-0.1, -0.05) is 18.2 Å². The van der Waals surface area contributed by atoms with Crippen molar-refractivity contribution >= 4 is 23.9 Å². The zero-order valence-corrected chi connectivity index (χ0v) is 14.1. The molecule has 3 rings (SSSR count). The summed E-state index contributed by atoms with van der Waals surface area (Å²) in [6, 6.07) is 4.44. The van der Waals surface area contributed by atoms with E-state index in [0.717, 1.165) is 24.2 Å². The van der Waals surface area contributed by atoms with Crippen LogP contribution in [0, 0.1) is 0 Å². The summed E-state index contributed by atoms with van der Waals surface area (Å²) in [6.45, 7) is 1.11. The van der Waals surface area contributed by atoms with Crippen molar-refractivity contribution in [3.8, 4) is 0 Å². The van der Waals surface area contributed by atoms with Crippen LogP contribution in [0.15, 0.2) is 18.2 Å². The number of nitrogens with zero attached hydrogens (tertiary/aromatic N) is 1. The first kappa shape index (κ1) is 16.9. The van der Waals surface area contributed by atoms with Crippen LogP contribution in [-0.2, 0) is 28.0 Å². The minimum atomic E-state index is -1.22. The second-order valence-corrected chi connectivity index (χ2v) is 6.41. The molecule has 0 bridgehead atoms. The number of hydrogen-bond donors (Lipinski definition) is 3. The summed E-state index contributed by atoms with van der Waals surface area (Å²) < 4.78 is 0. The zero-order valence-electron chi connectivity index (χ0n) is 14.1. The van der Waals surface area contributed by atoms with E-state index in [1.165, 1.54) is 18.2 Å². The van der Waals surface area contributed by atoms with Crippen molar-refractivity contribution in [1.29, 1.82) is 0 Å². The largest absolute Gasteiger partial charge is 0.341 e. The van der Waals surface area contributed by atoms with E-state index in [4.69, 9.17) is 0 Å². The first-order valence-corrected chi connectivity index (χ1v) is 8.13. The van der Waals surface area contributed by atoms with E-state index in [1.54, 1.807) is 6.92 Å². The van der Waals surface area contributed by atoms with Gasteiger partial charge in [0.05, 0.1) is 0 Å². The van der Waals surface area contributed by atoms with E-state index in [2.05, 4.69) is 10.6 Å². The normalized spacial score (nSPS) is 21.8. The summed E-state index contributed by atoms with van der Waals surface area (Å²) in [7, 11) is 1.36. The molecule has 1 saturated heterocycles. The molecule has 0 radical (unpaired) electrons. The molecule has 0 spiro atoms. The van der Waals surface area contributed by atoms with Crippen LogP contribution in [0.5, 0.6) is 0 Å². The monoisotopic (exact) mass is 344 g/mol. The number of carbonyl (C=O) groups is 4. The van der Waals surface area contributed by atoms with Crippen molar-refractivity contribution in [2.24, 2.45) is 0 Å². The molecule has 1 fully saturated rings. The van der Waals surface area contributed by atoms with Crippen LogP contribution in [0.2, 0.25) is 0 Å². The first-order chi connectivity index (χ1) is 11.8. The van der Waals surface area contributed by atoms with Crippen LogP contribution in [0.25, 0.3) is 0 Å². The van der Waals surface area contributed by atoms with Crippen LogP contribution in [0.1, 0.15) is 30.0 Å². The minimum absolute atomic E-state index is 0.512. The molecule has 1 heterocycles. The van der Waals surface area contributed by atoms with E-state index < -0.39 is 36.0 Å². The summed E-state index contributed by atoms with van der Waals surface area (Å²) in [5, 5.41) is 6.94. The van der Waals surface area contributed by atoms with Crippen molar-refractivity contribution in [2.45, 2.75) is 31.7 Å². The van der Waals surface area contributed by atoms with Crippen LogP contribution in [0.3, 0.4) is 0 Å². The maximum absolute atomic E-state index is 12.8. The molecule has 132 valence electrons. The molecule has 1 aliphatic heterocycles. The molecule has 8 heteroatoms. The zero-order chi connectivity index (χ0) is 18.2. The Morgan fingerprint density at radius 3 is 2.68 bits per heavy atom. The number of nitrogens with one attached hydrogen (secondary N) is 3. The minimum Gasteiger partial charge on any atom is -0.341 e. The lowest BCUT2D eigenvalue weighted by molar-refractivity contribution is -0.134. The molecule has 1 atom stereocenters. The molecule has 6 amide bonds. The Labute approximate surface area is 144 Å². The third-order valence-corrected chi connectivity index (χ3v) is 4.73. The average molecular weight is 344 g/mol. The summed E-state index contributed by atoms with van der Waals surface area (Å²) in [4.78, 5) is 48.8. The number of urea groups is 2. The molecule has 8 nitrogen and oxygen atoms in total. The lowest BCUT2D eigenvalue weighted by atomic mass is 9.89. The number of fused-ring (bicyclic) bond motifs is 1. The summed E-state index contributed by atoms with van der Waals surface area (Å²) in [5.74, 6) is -1.25. The van der Waals surface area contributed by atoms with Gasteiger partial charge in [-0.25, -0.2) is 9.59 Å². The highest BCUT2D eigenvalue weighted by Crippen LogP contribution is 2.32. The standard InChI is InChI=1S/C17H20N4O4/c1-17(12-7-6-10-4-3-5-11(10)8-12)14(23)21(16(25)20-17)9-13(22)19-15(24)18-2/h6-8H,3-5,9H2,1-2H3,(H,20,25)(H2,18,19,22,24)/t17-/m0/s1. The summed E-state index contributed by atoms with van der Waals surface area (Å²) in [6.07, 6.45) is 3.07. The molecule has 1 aromatic rings. The third-order valence-electron chi connectivity index (χ3n) is 4.73. The molecule has 1 aliphatic carbocycles. The van der Waals surface area contributed by atoms with E-state index in [-0.39, 0.29) is 0 Å². The second-order valence-electron chi connectivity index (χ2n) is 6.41. The third kappa shape index (κ3) is 2.95. The predicted molar refractivity (Wildman–Crippen MR) is 88.7 cm³/mol. The number of imide groups is 2. The quantitative estimate of drug-likeness (QED) is 0.690. The maximum atomic E-state index is 12.8. The van der Waals surface area contributed by atoms with Gasteiger partial charge >= 0.3 is 12.1 Å². The Morgan fingerprint density at radius 1 is 1.24 bits per heavy atom. The van der Waals surface area contributed by atoms with Crippen molar-refractivity contribution in [3.63, 3.8) is 0 Å². The van der Waals surface area contributed by atoms with Gasteiger partial charge < -0.3 is 10.6 Å². The van der Waals surface area contributed by atoms with Crippen molar-refractivity contribution in [1.82, 2.24) is 20.9 Å². The van der Waals surface area contributed by atoms with Gasteiger partial charge in [-0.2, -0.15) is 0 Å². The number of aryl methyl sites for hydroxylation is 2. The highest BCUT2D eigenvalue weighted by atomic mass is 16.2. The summed E-state index contributed by atoms with van der Waals surface area (Å²) in [5.41, 5.74) is 1.94. The molecule has 25 heavy (non-hydrogen) atoms. The summed E-state index contributed by atoms with van der Waals surface area (Å²) >= 11 is 0. The van der Waals surface area contributed by atoms with Crippen LogP contribution >= 0.6 is 0 Å². The topological polar surface area (TPSA) is 108 Å². The van der Waals surface area contributed by atoms with Crippen molar-refractivity contribution < 1.29 is 19.2 Å². The van der Waals surface area contributed by atoms with Crippen LogP contribution in [0.4, 0.5) is 9.59 Å². The van der Waals surface area contributed by atoms with Gasteiger partial charge in [0.2, 0.25) is 5.91 Å². The van der Waals surface area contributed by atoms with Gasteiger partial charge in [0.25, 0.3) is 5.91 Å². The fraction of sp³-hybridized carbons (Fsp3) is 0.412. The number of amides is 6. The molecule has 1 aromatic carbocycles. The van der Waals surface area contributed by atoms with Gasteiger partial charge in [-0.05, 0) is 42.9 Å². The number of carbonyl (C=O) groups excluding carboxylic acids is 4. The van der Waals surface area contributed by atoms with E-state index >= 15 is 0 Å². The molecule has 3 N–H and O–H groups in total. The van der Waals surface area contributed by atoms with Crippen LogP contribution < -0.4 is 16.0 Å². The van der Waals surface area contributed by atoms with E-state index in [1.807, 2.05) is 23.5 Å². The maximum Gasteiger partial charge on any atom is 0.325 e. The van der Waals surface area contributed by atoms with E-state index in [9.17, 15) is 19.2 Å². The van der Waals surface area contributed by atoms with Gasteiger partial charge in [0.15, 0.2) is 0 Å². The average Bonchev–Trinajstić information content (AvgIpc) is 3.13. The van der Waals surface area contributed by atoms with Crippen LogP contribution in [-0.4, -0.2) is 42.4 Å². The Morgan fingerprint density at radius 2 is 1.96 bits per heavy atom. The Balaban J connectivity index is 1.80. The lowest BCUT2D eigenvalue weighted by Crippen LogP contribution is -2.46. The fourth-order valence-corrected chi connectivity index (χ4v) is 3.29. The Hall–Kier alpha value is -2.90. The highest BCUT2D eigenvalue weighted by molar-refractivity contribution is 6.10. The van der Waals surface area contributed by atoms with Crippen molar-refractivity contribution in [2.75, 3.05) is 13.6 Å². The van der Waals surface area contributed by atoms with Crippen molar-refractivity contribution in [3.05, 3.63) is 34.9 Å². The van der Waals surface area contributed by atoms with Gasteiger partial charge in [-0.3, -0.25) is 19.8 Å². The van der Waals surface area contributed by atoms with E-state index in [0.29, 0.717) is 5.56 Å². The molecule has 0 saturated carbocycles. The second kappa shape index (κ2) is 6.19. The molecule has 2 aliphatic rings. The van der Waals surface area contributed by atoms with Gasteiger partial charge in [-0.15, -0.1) is 0 Å².